The van der Waals surface area contributed by atoms with Crippen LogP contribution in [0.4, 0.5) is 0 Å². The minimum atomic E-state index is 0.0438. The predicted octanol–water partition coefficient (Wildman–Crippen LogP) is 1.78. The number of amides is 1. The number of carbonyl (C=O) groups excluding carboxylic acids is 1. The first kappa shape index (κ1) is 19.9. The van der Waals surface area contributed by atoms with E-state index in [9.17, 15) is 4.79 Å². The molecule has 0 unspecified atom stereocenters. The van der Waals surface area contributed by atoms with Crippen LogP contribution in [0.1, 0.15) is 36.8 Å². The third-order valence-electron chi connectivity index (χ3n) is 7.18. The van der Waals surface area contributed by atoms with Crippen LogP contribution in [-0.4, -0.2) is 84.2 Å². The maximum atomic E-state index is 12.6. The summed E-state index contributed by atoms with van der Waals surface area (Å²) < 4.78 is 0. The number of benzene rings is 1. The van der Waals surface area contributed by atoms with Gasteiger partial charge in [0.1, 0.15) is 0 Å². The second kappa shape index (κ2) is 8.93. The van der Waals surface area contributed by atoms with Gasteiger partial charge in [0.15, 0.2) is 0 Å². The molecule has 2 saturated heterocycles. The molecule has 0 aromatic heterocycles. The first-order chi connectivity index (χ1) is 13.7. The van der Waals surface area contributed by atoms with E-state index in [-0.39, 0.29) is 18.4 Å². The normalized spacial score (nSPS) is 25.0. The van der Waals surface area contributed by atoms with Gasteiger partial charge in [-0.2, -0.15) is 0 Å². The maximum absolute atomic E-state index is 12.6. The fraction of sp³-hybridized carbons (Fsp3) is 0.696. The Morgan fingerprint density at radius 2 is 1.71 bits per heavy atom. The highest BCUT2D eigenvalue weighted by molar-refractivity contribution is 5.78. The van der Waals surface area contributed by atoms with Gasteiger partial charge < -0.3 is 10.0 Å². The Balaban J connectivity index is 1.27. The number of fused-ring (bicyclic) bond motifs is 1. The quantitative estimate of drug-likeness (QED) is 0.839. The number of carbonyl (C=O) groups is 1. The summed E-state index contributed by atoms with van der Waals surface area (Å²) >= 11 is 0. The number of piperidine rings is 2. The van der Waals surface area contributed by atoms with E-state index in [0.717, 1.165) is 25.9 Å². The highest BCUT2D eigenvalue weighted by Crippen LogP contribution is 2.30. The van der Waals surface area contributed by atoms with Crippen LogP contribution in [-0.2, 0) is 17.6 Å². The van der Waals surface area contributed by atoms with Gasteiger partial charge in [0.05, 0.1) is 12.5 Å². The first-order valence-electron chi connectivity index (χ1n) is 11.1. The topological polar surface area (TPSA) is 47.0 Å². The molecule has 1 aliphatic carbocycles. The highest BCUT2D eigenvalue weighted by atomic mass is 16.3. The summed E-state index contributed by atoms with van der Waals surface area (Å²) in [5.41, 5.74) is 3.08. The van der Waals surface area contributed by atoms with E-state index in [4.69, 9.17) is 5.11 Å². The average molecular weight is 386 g/mol. The monoisotopic (exact) mass is 385 g/mol. The van der Waals surface area contributed by atoms with E-state index in [1.54, 1.807) is 16.0 Å². The van der Waals surface area contributed by atoms with Gasteiger partial charge in [0.25, 0.3) is 0 Å². The summed E-state index contributed by atoms with van der Waals surface area (Å²) in [7, 11) is 1.82. The lowest BCUT2D eigenvalue weighted by molar-refractivity contribution is -0.137. The summed E-state index contributed by atoms with van der Waals surface area (Å²) in [6.07, 6.45) is 6.96. The Hall–Kier alpha value is -1.43. The molecule has 4 rings (SSSR count). The van der Waals surface area contributed by atoms with Crippen molar-refractivity contribution in [2.24, 2.45) is 5.92 Å². The molecule has 1 aromatic rings. The molecule has 1 N–H and O–H groups in total. The molecular formula is C23H35N3O2. The summed E-state index contributed by atoms with van der Waals surface area (Å²) in [5.74, 6) is 0.313. The summed E-state index contributed by atoms with van der Waals surface area (Å²) in [4.78, 5) is 19.6. The minimum Gasteiger partial charge on any atom is -0.395 e. The summed E-state index contributed by atoms with van der Waals surface area (Å²) in [6.45, 7) is 4.88. The van der Waals surface area contributed by atoms with Crippen LogP contribution >= 0.6 is 0 Å². The van der Waals surface area contributed by atoms with Crippen LogP contribution in [0, 0.1) is 5.92 Å². The van der Waals surface area contributed by atoms with Gasteiger partial charge in [-0.3, -0.25) is 14.6 Å². The van der Waals surface area contributed by atoms with E-state index in [2.05, 4.69) is 34.1 Å². The first-order valence-corrected chi connectivity index (χ1v) is 11.1. The molecule has 0 saturated carbocycles. The number of aliphatic hydroxyl groups is 1. The van der Waals surface area contributed by atoms with Gasteiger partial charge in [0.2, 0.25) is 5.91 Å². The van der Waals surface area contributed by atoms with Crippen molar-refractivity contribution in [3.05, 3.63) is 35.4 Å². The van der Waals surface area contributed by atoms with Crippen molar-refractivity contribution >= 4 is 5.91 Å². The molecule has 0 spiro atoms. The fourth-order valence-corrected chi connectivity index (χ4v) is 5.52. The lowest BCUT2D eigenvalue weighted by Crippen LogP contribution is -2.52. The molecular weight excluding hydrogens is 350 g/mol. The third-order valence-corrected chi connectivity index (χ3v) is 7.18. The number of hydrogen-bond donors (Lipinski definition) is 1. The standard InChI is InChI=1S/C23H35N3O2/c1-24(13-14-27)23(28)20-7-4-10-26(17-20)21-8-11-25(12-9-21)22-15-18-5-2-3-6-19(18)16-22/h2-3,5-6,20-22,27H,4,7-17H2,1H3/t20-/m1/s1. The number of hydrogen-bond acceptors (Lipinski definition) is 4. The van der Waals surface area contributed by atoms with Crippen molar-refractivity contribution in [3.8, 4) is 0 Å². The van der Waals surface area contributed by atoms with Gasteiger partial charge in [-0.15, -0.1) is 0 Å². The number of nitrogens with zero attached hydrogens (tertiary/aromatic N) is 3. The highest BCUT2D eigenvalue weighted by Gasteiger charge is 2.35. The maximum Gasteiger partial charge on any atom is 0.226 e. The zero-order valence-corrected chi connectivity index (χ0v) is 17.2. The van der Waals surface area contributed by atoms with Crippen molar-refractivity contribution in [1.82, 2.24) is 14.7 Å². The Morgan fingerprint density at radius 3 is 2.36 bits per heavy atom. The lowest BCUT2D eigenvalue weighted by atomic mass is 9.92. The molecule has 154 valence electrons. The Morgan fingerprint density at radius 1 is 1.04 bits per heavy atom. The molecule has 5 nitrogen and oxygen atoms in total. The number of likely N-dealkylation sites (tertiary alicyclic amines) is 2. The Labute approximate surface area is 169 Å². The molecule has 2 heterocycles. The number of aliphatic hydroxyl groups excluding tert-OH is 1. The van der Waals surface area contributed by atoms with E-state index in [0.29, 0.717) is 18.6 Å². The number of likely N-dealkylation sites (N-methyl/N-ethyl adjacent to an activating group) is 1. The predicted molar refractivity (Wildman–Crippen MR) is 111 cm³/mol. The minimum absolute atomic E-state index is 0.0438. The van der Waals surface area contributed by atoms with E-state index >= 15 is 0 Å². The molecule has 0 radical (unpaired) electrons. The molecule has 1 aromatic carbocycles. The summed E-state index contributed by atoms with van der Waals surface area (Å²) in [6, 6.07) is 10.2. The average Bonchev–Trinajstić information content (AvgIpc) is 3.18. The van der Waals surface area contributed by atoms with Gasteiger partial charge in [0, 0.05) is 32.2 Å². The van der Waals surface area contributed by atoms with E-state index in [1.807, 2.05) is 7.05 Å². The third kappa shape index (κ3) is 4.27. The zero-order valence-electron chi connectivity index (χ0n) is 17.2. The van der Waals surface area contributed by atoms with Crippen LogP contribution in [0.5, 0.6) is 0 Å². The van der Waals surface area contributed by atoms with Gasteiger partial charge in [-0.1, -0.05) is 24.3 Å². The number of rotatable bonds is 5. The smallest absolute Gasteiger partial charge is 0.226 e. The molecule has 1 atom stereocenters. The van der Waals surface area contributed by atoms with E-state index < -0.39 is 0 Å². The molecule has 1 amide bonds. The van der Waals surface area contributed by atoms with Crippen LogP contribution in [0.25, 0.3) is 0 Å². The molecule has 2 fully saturated rings. The second-order valence-electron chi connectivity index (χ2n) is 8.92. The summed E-state index contributed by atoms with van der Waals surface area (Å²) in [5, 5.41) is 9.10. The Bertz CT molecular complexity index is 647. The molecule has 0 bridgehead atoms. The molecule has 28 heavy (non-hydrogen) atoms. The van der Waals surface area contributed by atoms with Gasteiger partial charge in [-0.05, 0) is 69.3 Å². The second-order valence-corrected chi connectivity index (χ2v) is 8.92. The van der Waals surface area contributed by atoms with Gasteiger partial charge in [-0.25, -0.2) is 0 Å². The van der Waals surface area contributed by atoms with Crippen LogP contribution in [0.2, 0.25) is 0 Å². The van der Waals surface area contributed by atoms with Crippen LogP contribution in [0.15, 0.2) is 24.3 Å². The van der Waals surface area contributed by atoms with Crippen molar-refractivity contribution in [3.63, 3.8) is 0 Å². The molecule has 2 aliphatic heterocycles. The van der Waals surface area contributed by atoms with Crippen molar-refractivity contribution in [2.75, 3.05) is 46.4 Å². The zero-order chi connectivity index (χ0) is 19.5. The van der Waals surface area contributed by atoms with Gasteiger partial charge >= 0.3 is 0 Å². The largest absolute Gasteiger partial charge is 0.395 e. The van der Waals surface area contributed by atoms with Crippen LogP contribution in [0.3, 0.4) is 0 Å². The van der Waals surface area contributed by atoms with Crippen molar-refractivity contribution in [2.45, 2.75) is 50.6 Å². The Kier molecular flexibility index (Phi) is 6.34. The SMILES string of the molecule is CN(CCO)C(=O)[C@@H]1CCCN(C2CCN(C3Cc4ccccc4C3)CC2)C1. The lowest BCUT2D eigenvalue weighted by Gasteiger charge is -2.43. The van der Waals surface area contributed by atoms with Crippen molar-refractivity contribution in [1.29, 1.82) is 0 Å². The van der Waals surface area contributed by atoms with Crippen LogP contribution < -0.4 is 0 Å². The molecule has 5 heteroatoms. The van der Waals surface area contributed by atoms with E-state index in [1.165, 1.54) is 38.8 Å². The van der Waals surface area contributed by atoms with Crippen molar-refractivity contribution < 1.29 is 9.90 Å². The fourth-order valence-electron chi connectivity index (χ4n) is 5.52. The molecule has 3 aliphatic rings.